The van der Waals surface area contributed by atoms with Gasteiger partial charge in [0.1, 0.15) is 5.75 Å². The maximum absolute atomic E-state index is 16.0. The van der Waals surface area contributed by atoms with E-state index in [0.29, 0.717) is 49.2 Å². The van der Waals surface area contributed by atoms with Crippen molar-refractivity contribution < 1.29 is 33.8 Å². The fourth-order valence-corrected chi connectivity index (χ4v) is 15.7. The van der Waals surface area contributed by atoms with Gasteiger partial charge in [-0.15, -0.1) is 0 Å². The fourth-order valence-electron chi connectivity index (χ4n) is 11.7. The number of aliphatic hydroxyl groups excluding tert-OH is 1. The van der Waals surface area contributed by atoms with Gasteiger partial charge in [-0.3, -0.25) is 29.0 Å². The first-order chi connectivity index (χ1) is 33.4. The van der Waals surface area contributed by atoms with E-state index in [1.165, 1.54) is 0 Å². The van der Waals surface area contributed by atoms with Gasteiger partial charge >= 0.3 is 0 Å². The Morgan fingerprint density at radius 2 is 1.32 bits per heavy atom. The van der Waals surface area contributed by atoms with Gasteiger partial charge in [0, 0.05) is 48.8 Å². The van der Waals surface area contributed by atoms with Crippen LogP contribution in [-0.2, 0) is 55.4 Å². The van der Waals surface area contributed by atoms with E-state index in [9.17, 15) is 19.5 Å². The van der Waals surface area contributed by atoms with Crippen LogP contribution < -0.4 is 24.6 Å². The van der Waals surface area contributed by atoms with Gasteiger partial charge in [0.2, 0.25) is 17.7 Å². The van der Waals surface area contributed by atoms with Gasteiger partial charge in [-0.1, -0.05) is 116 Å². The standard InChI is InChI=1S/C57H58N4O7Si/c1-38-55(69(3,4)46-27-25-45(67-2)26-28-46)51(35-54(65)58(32-33-62)36-39-12-6-5-7-13-39)68-57(38)47-34-44(61-49-17-11-9-15-42(49)21-31-53(61)64)24-29-50(47)59(56(57)66)37-40-18-22-43(23-19-40)60-48-16-10-8-14-41(48)20-30-52(60)63/h5-19,22-29,34,38,51,55,62H,20-21,30-33,35-37H2,1-4H3/t38-,51+,55-,57+/m1/s1. The molecular formula is C57H58N4O7Si. The number of aryl methyl sites for hydroxylation is 2. The summed E-state index contributed by atoms with van der Waals surface area (Å²) in [6.07, 6.45) is 1.43. The van der Waals surface area contributed by atoms with E-state index < -0.39 is 25.7 Å². The summed E-state index contributed by atoms with van der Waals surface area (Å²) >= 11 is 0. The van der Waals surface area contributed by atoms with Crippen molar-refractivity contribution in [2.45, 2.75) is 82.5 Å². The number of nitrogens with zero attached hydrogens (tertiary/aromatic N) is 4. The number of aliphatic hydroxyl groups is 1. The third kappa shape index (κ3) is 8.13. The van der Waals surface area contributed by atoms with E-state index >= 15 is 4.79 Å². The molecule has 11 nitrogen and oxygen atoms in total. The zero-order valence-corrected chi connectivity index (χ0v) is 40.6. The van der Waals surface area contributed by atoms with Gasteiger partial charge in [0.05, 0.1) is 57.9 Å². The van der Waals surface area contributed by atoms with Crippen molar-refractivity contribution in [1.82, 2.24) is 4.90 Å². The van der Waals surface area contributed by atoms with Crippen molar-refractivity contribution >= 4 is 65.3 Å². The van der Waals surface area contributed by atoms with Crippen LogP contribution in [0.25, 0.3) is 0 Å². The maximum atomic E-state index is 16.0. The van der Waals surface area contributed by atoms with Gasteiger partial charge in [-0.2, -0.15) is 0 Å². The predicted molar refractivity (Wildman–Crippen MR) is 271 cm³/mol. The summed E-state index contributed by atoms with van der Waals surface area (Å²) in [4.78, 5) is 65.1. The largest absolute Gasteiger partial charge is 0.497 e. The van der Waals surface area contributed by atoms with Crippen LogP contribution in [0.15, 0.2) is 146 Å². The van der Waals surface area contributed by atoms with Gasteiger partial charge in [-0.25, -0.2) is 0 Å². The van der Waals surface area contributed by atoms with Crippen molar-refractivity contribution in [3.8, 4) is 5.75 Å². The minimum Gasteiger partial charge on any atom is -0.497 e. The van der Waals surface area contributed by atoms with Crippen LogP contribution in [0.1, 0.15) is 54.0 Å². The quantitative estimate of drug-likeness (QED) is 0.115. The Morgan fingerprint density at radius 1 is 0.725 bits per heavy atom. The molecule has 69 heavy (non-hydrogen) atoms. The summed E-state index contributed by atoms with van der Waals surface area (Å²) in [5, 5.41) is 11.4. The molecule has 4 amide bonds. The number of fused-ring (bicyclic) bond motifs is 4. The van der Waals surface area contributed by atoms with Crippen LogP contribution in [0.5, 0.6) is 5.75 Å². The zero-order valence-electron chi connectivity index (χ0n) is 39.6. The Labute approximate surface area is 404 Å². The lowest BCUT2D eigenvalue weighted by Gasteiger charge is -2.37. The highest BCUT2D eigenvalue weighted by atomic mass is 28.3. The van der Waals surface area contributed by atoms with E-state index in [1.807, 2.05) is 121 Å². The van der Waals surface area contributed by atoms with Crippen LogP contribution in [0.4, 0.5) is 28.4 Å². The van der Waals surface area contributed by atoms with Crippen LogP contribution in [0.3, 0.4) is 0 Å². The molecule has 0 saturated carbocycles. The minimum absolute atomic E-state index is 0.00369. The Kier molecular flexibility index (Phi) is 12.3. The first kappa shape index (κ1) is 45.9. The molecule has 4 aliphatic heterocycles. The summed E-state index contributed by atoms with van der Waals surface area (Å²) in [6.45, 7) is 7.15. The average Bonchev–Trinajstić information content (AvgIpc) is 3.79. The molecule has 1 fully saturated rings. The number of para-hydroxylation sites is 2. The third-order valence-corrected chi connectivity index (χ3v) is 19.5. The van der Waals surface area contributed by atoms with Crippen LogP contribution in [-0.4, -0.2) is 68.1 Å². The summed E-state index contributed by atoms with van der Waals surface area (Å²) < 4.78 is 13.0. The number of benzene rings is 6. The second kappa shape index (κ2) is 18.6. The Morgan fingerprint density at radius 3 is 1.94 bits per heavy atom. The van der Waals surface area contributed by atoms with Crippen LogP contribution >= 0.6 is 0 Å². The second-order valence-electron chi connectivity index (χ2n) is 19.4. The summed E-state index contributed by atoms with van der Waals surface area (Å²) in [6, 6.07) is 47.5. The first-order valence-electron chi connectivity index (χ1n) is 24.0. The van der Waals surface area contributed by atoms with Crippen molar-refractivity contribution in [3.63, 3.8) is 0 Å². The topological polar surface area (TPSA) is 120 Å². The van der Waals surface area contributed by atoms with Crippen LogP contribution in [0, 0.1) is 5.92 Å². The minimum atomic E-state index is -2.67. The SMILES string of the molecule is COc1ccc([Si](C)(C)[C@H]2[C@H](CC(=O)N(CCO)Cc3ccccc3)O[C@@]3(C(=O)N(Cc4ccc(N5C(=O)CCc6ccccc65)cc4)c4ccc(N5C(=O)CCc6ccccc65)cc43)[C@@H]2C)cc1. The Hall–Kier alpha value is -6.86. The number of hydrogen-bond acceptors (Lipinski definition) is 7. The highest BCUT2D eigenvalue weighted by molar-refractivity contribution is 6.91. The second-order valence-corrected chi connectivity index (χ2v) is 24.0. The summed E-state index contributed by atoms with van der Waals surface area (Å²) in [7, 11) is -1.02. The van der Waals surface area contributed by atoms with Crippen LogP contribution in [0.2, 0.25) is 18.6 Å². The summed E-state index contributed by atoms with van der Waals surface area (Å²) in [5.74, 6) is -0.0893. The molecule has 4 atom stereocenters. The molecule has 4 heterocycles. The van der Waals surface area contributed by atoms with Gasteiger partial charge < -0.3 is 24.4 Å². The number of ether oxygens (including phenoxy) is 2. The number of hydrogen-bond donors (Lipinski definition) is 1. The maximum Gasteiger partial charge on any atom is 0.264 e. The first-order valence-corrected chi connectivity index (χ1v) is 27.1. The molecule has 6 aromatic carbocycles. The Bertz CT molecular complexity index is 2930. The van der Waals surface area contributed by atoms with E-state index in [4.69, 9.17) is 9.47 Å². The molecule has 6 aromatic rings. The van der Waals surface area contributed by atoms with Crippen molar-refractivity contribution in [2.24, 2.45) is 5.92 Å². The average molecular weight is 939 g/mol. The molecule has 352 valence electrons. The van der Waals surface area contributed by atoms with E-state index in [1.54, 1.807) is 26.7 Å². The number of methoxy groups -OCH3 is 1. The lowest BCUT2D eigenvalue weighted by Crippen LogP contribution is -2.52. The monoisotopic (exact) mass is 938 g/mol. The molecule has 1 N–H and O–H groups in total. The molecule has 1 saturated heterocycles. The summed E-state index contributed by atoms with van der Waals surface area (Å²) in [5.41, 5.74) is 6.67. The van der Waals surface area contributed by atoms with Crippen molar-refractivity contribution in [1.29, 1.82) is 0 Å². The molecule has 0 unspecified atom stereocenters. The van der Waals surface area contributed by atoms with Gasteiger partial charge in [0.15, 0.2) is 5.60 Å². The molecule has 0 radical (unpaired) electrons. The zero-order chi connectivity index (χ0) is 48.0. The number of amides is 4. The van der Waals surface area contributed by atoms with E-state index in [-0.39, 0.29) is 55.3 Å². The molecule has 10 rings (SSSR count). The molecule has 0 bridgehead atoms. The highest BCUT2D eigenvalue weighted by Gasteiger charge is 2.66. The molecule has 0 aliphatic carbocycles. The van der Waals surface area contributed by atoms with E-state index in [0.717, 1.165) is 50.3 Å². The normalized spacial score (nSPS) is 20.8. The third-order valence-electron chi connectivity index (χ3n) is 15.1. The number of anilines is 5. The predicted octanol–water partition coefficient (Wildman–Crippen LogP) is 9.09. The smallest absolute Gasteiger partial charge is 0.264 e. The molecule has 12 heteroatoms. The molecule has 4 aliphatic rings. The van der Waals surface area contributed by atoms with Gasteiger partial charge in [0.25, 0.3) is 5.91 Å². The van der Waals surface area contributed by atoms with E-state index in [2.05, 4.69) is 44.3 Å². The Balaban J connectivity index is 1.07. The highest BCUT2D eigenvalue weighted by Crippen LogP contribution is 2.61. The molecule has 0 aromatic heterocycles. The van der Waals surface area contributed by atoms with Gasteiger partial charge in [-0.05, 0) is 95.2 Å². The van der Waals surface area contributed by atoms with Crippen molar-refractivity contribution in [2.75, 3.05) is 35.0 Å². The fraction of sp³-hybridized carbons (Fsp3) is 0.298. The number of carbonyl (C=O) groups is 4. The van der Waals surface area contributed by atoms with Crippen molar-refractivity contribution in [3.05, 3.63) is 173 Å². The lowest BCUT2D eigenvalue weighted by molar-refractivity contribution is -0.150. The number of rotatable bonds is 13. The number of carbonyl (C=O) groups excluding carboxylic acids is 4. The molecular weight excluding hydrogens is 881 g/mol. The lowest BCUT2D eigenvalue weighted by atomic mass is 9.82. The molecule has 1 spiro atoms.